The van der Waals surface area contributed by atoms with E-state index in [-0.39, 0.29) is 12.4 Å². The summed E-state index contributed by atoms with van der Waals surface area (Å²) in [6.07, 6.45) is -4.95. The second-order valence-corrected chi connectivity index (χ2v) is 6.66. The van der Waals surface area contributed by atoms with Crippen molar-refractivity contribution in [2.45, 2.75) is 53.3 Å². The van der Waals surface area contributed by atoms with Crippen LogP contribution in [0.25, 0.3) is 0 Å². The van der Waals surface area contributed by atoms with Gasteiger partial charge in [-0.2, -0.15) is 13.2 Å². The summed E-state index contributed by atoms with van der Waals surface area (Å²) in [5.74, 6) is 0. The first-order valence-electron chi connectivity index (χ1n) is 8.22. The molecule has 0 aliphatic carbocycles. The maximum absolute atomic E-state index is 13.2. The number of hydrogen-bond donors (Lipinski definition) is 1. The average molecular weight is 365 g/mol. The van der Waals surface area contributed by atoms with E-state index < -0.39 is 18.6 Å². The number of piperazine rings is 1. The molecule has 0 saturated carbocycles. The highest BCUT2D eigenvalue weighted by atomic mass is 35.5. The molecule has 1 aliphatic heterocycles. The lowest BCUT2D eigenvalue weighted by Gasteiger charge is -2.38. The van der Waals surface area contributed by atoms with Gasteiger partial charge in [-0.05, 0) is 68.0 Å². The number of rotatable bonds is 3. The van der Waals surface area contributed by atoms with E-state index in [2.05, 4.69) is 12.2 Å². The Kier molecular flexibility index (Phi) is 7.15. The molecule has 1 fully saturated rings. The highest BCUT2D eigenvalue weighted by Crippen LogP contribution is 2.39. The molecule has 1 aromatic carbocycles. The zero-order valence-electron chi connectivity index (χ0n) is 15.1. The first-order chi connectivity index (χ1) is 10.6. The van der Waals surface area contributed by atoms with Crippen LogP contribution < -0.4 is 5.32 Å². The normalized spacial score (nSPS) is 17.5. The van der Waals surface area contributed by atoms with Crippen LogP contribution in [0.1, 0.15) is 45.8 Å². The van der Waals surface area contributed by atoms with Gasteiger partial charge in [0.2, 0.25) is 0 Å². The van der Waals surface area contributed by atoms with Crippen LogP contribution in [0.15, 0.2) is 0 Å². The van der Waals surface area contributed by atoms with E-state index in [4.69, 9.17) is 0 Å². The molecule has 0 amide bonds. The molecule has 138 valence electrons. The maximum atomic E-state index is 13.2. The Hall–Kier alpha value is -0.780. The van der Waals surface area contributed by atoms with Crippen molar-refractivity contribution in [2.24, 2.45) is 0 Å². The van der Waals surface area contributed by atoms with Gasteiger partial charge >= 0.3 is 6.18 Å². The topological polar surface area (TPSA) is 15.3 Å². The van der Waals surface area contributed by atoms with Gasteiger partial charge in [-0.1, -0.05) is 0 Å². The van der Waals surface area contributed by atoms with Crippen molar-refractivity contribution in [1.82, 2.24) is 10.2 Å². The third kappa shape index (κ3) is 4.44. The Balaban J connectivity index is 0.00000288. The summed E-state index contributed by atoms with van der Waals surface area (Å²) in [7, 11) is 0. The van der Waals surface area contributed by atoms with E-state index in [0.717, 1.165) is 40.9 Å². The molecule has 24 heavy (non-hydrogen) atoms. The van der Waals surface area contributed by atoms with Crippen LogP contribution in [0.5, 0.6) is 0 Å². The summed E-state index contributed by atoms with van der Waals surface area (Å²) in [6, 6.07) is -0.588. The number of halogens is 4. The Morgan fingerprint density at radius 3 is 1.71 bits per heavy atom. The molecule has 1 aliphatic rings. The Bertz CT molecular complexity index is 550. The van der Waals surface area contributed by atoms with Crippen molar-refractivity contribution in [3.05, 3.63) is 33.4 Å². The highest BCUT2D eigenvalue weighted by Gasteiger charge is 2.37. The minimum Gasteiger partial charge on any atom is -0.314 e. The van der Waals surface area contributed by atoms with Gasteiger partial charge in [0.25, 0.3) is 0 Å². The van der Waals surface area contributed by atoms with Crippen LogP contribution in [0.4, 0.5) is 13.2 Å². The molecule has 0 unspecified atom stereocenters. The second kappa shape index (κ2) is 8.07. The highest BCUT2D eigenvalue weighted by molar-refractivity contribution is 5.85. The molecule has 2 nitrogen and oxygen atoms in total. The third-order valence-corrected chi connectivity index (χ3v) is 5.41. The Morgan fingerprint density at radius 2 is 1.29 bits per heavy atom. The minimum absolute atomic E-state index is 0. The van der Waals surface area contributed by atoms with E-state index in [0.29, 0.717) is 13.1 Å². The molecular weight excluding hydrogens is 337 g/mol. The lowest BCUT2D eigenvalue weighted by Crippen LogP contribution is -2.46. The van der Waals surface area contributed by atoms with Crippen LogP contribution in [0.2, 0.25) is 0 Å². The van der Waals surface area contributed by atoms with Crippen molar-refractivity contribution >= 4 is 12.4 Å². The molecular formula is C18H28ClF3N2. The molecule has 1 N–H and O–H groups in total. The largest absolute Gasteiger partial charge is 0.390 e. The van der Waals surface area contributed by atoms with Gasteiger partial charge in [0.15, 0.2) is 0 Å². The van der Waals surface area contributed by atoms with Crippen molar-refractivity contribution in [2.75, 3.05) is 26.2 Å². The number of nitrogens with zero attached hydrogens (tertiary/aromatic N) is 1. The van der Waals surface area contributed by atoms with Gasteiger partial charge in [0, 0.05) is 32.2 Å². The molecule has 1 heterocycles. The number of nitrogens with one attached hydrogen (secondary N) is 1. The fourth-order valence-electron chi connectivity index (χ4n) is 3.66. The van der Waals surface area contributed by atoms with E-state index in [9.17, 15) is 13.2 Å². The van der Waals surface area contributed by atoms with Crippen molar-refractivity contribution in [3.8, 4) is 0 Å². The third-order valence-electron chi connectivity index (χ3n) is 5.41. The van der Waals surface area contributed by atoms with Crippen LogP contribution in [-0.2, 0) is 0 Å². The quantitative estimate of drug-likeness (QED) is 0.846. The van der Waals surface area contributed by atoms with Crippen molar-refractivity contribution in [3.63, 3.8) is 0 Å². The molecule has 0 bridgehead atoms. The van der Waals surface area contributed by atoms with Gasteiger partial charge in [-0.3, -0.25) is 4.90 Å². The number of alkyl halides is 3. The summed E-state index contributed by atoms with van der Waals surface area (Å²) in [4.78, 5) is 1.99. The minimum atomic E-state index is -4.17. The predicted octanol–water partition coefficient (Wildman–Crippen LogP) is 4.55. The van der Waals surface area contributed by atoms with Gasteiger partial charge in [0.05, 0.1) is 6.42 Å². The van der Waals surface area contributed by atoms with Crippen LogP contribution in [0, 0.1) is 34.6 Å². The van der Waals surface area contributed by atoms with Crippen LogP contribution in [0.3, 0.4) is 0 Å². The van der Waals surface area contributed by atoms with Crippen LogP contribution in [-0.4, -0.2) is 37.3 Å². The molecule has 1 aromatic rings. The molecule has 1 atom stereocenters. The van der Waals surface area contributed by atoms with E-state index >= 15 is 0 Å². The lowest BCUT2D eigenvalue weighted by atomic mass is 9.84. The maximum Gasteiger partial charge on any atom is 0.390 e. The Morgan fingerprint density at radius 1 is 0.875 bits per heavy atom. The summed E-state index contributed by atoms with van der Waals surface area (Å²) >= 11 is 0. The number of hydrogen-bond acceptors (Lipinski definition) is 2. The van der Waals surface area contributed by atoms with Gasteiger partial charge < -0.3 is 5.32 Å². The zero-order valence-corrected chi connectivity index (χ0v) is 15.9. The SMILES string of the molecule is Cc1c(C)c(C)c([C@@H](CC(F)(F)F)N2CCNCC2)c(C)c1C.Cl. The van der Waals surface area contributed by atoms with Crippen molar-refractivity contribution < 1.29 is 13.2 Å². The molecule has 2 rings (SSSR count). The number of benzene rings is 1. The van der Waals surface area contributed by atoms with E-state index in [1.54, 1.807) is 0 Å². The summed E-state index contributed by atoms with van der Waals surface area (Å²) in [6.45, 7) is 12.8. The zero-order chi connectivity index (χ0) is 17.4. The van der Waals surface area contributed by atoms with Gasteiger partial charge in [0.1, 0.15) is 0 Å². The smallest absolute Gasteiger partial charge is 0.314 e. The first kappa shape index (κ1) is 21.3. The molecule has 0 spiro atoms. The van der Waals surface area contributed by atoms with E-state index in [1.807, 2.05) is 32.6 Å². The molecule has 6 heteroatoms. The van der Waals surface area contributed by atoms with Gasteiger partial charge in [-0.15, -0.1) is 12.4 Å². The summed E-state index contributed by atoms with van der Waals surface area (Å²) in [5.41, 5.74) is 6.33. The molecule has 1 saturated heterocycles. The molecule has 0 radical (unpaired) electrons. The fraction of sp³-hybridized carbons (Fsp3) is 0.667. The first-order valence-corrected chi connectivity index (χ1v) is 8.22. The fourth-order valence-corrected chi connectivity index (χ4v) is 3.66. The summed E-state index contributed by atoms with van der Waals surface area (Å²) < 4.78 is 39.7. The monoisotopic (exact) mass is 364 g/mol. The Labute approximate surface area is 149 Å². The van der Waals surface area contributed by atoms with Gasteiger partial charge in [-0.25, -0.2) is 0 Å². The molecule has 0 aromatic heterocycles. The van der Waals surface area contributed by atoms with Crippen molar-refractivity contribution in [1.29, 1.82) is 0 Å². The predicted molar refractivity (Wildman–Crippen MR) is 95.2 cm³/mol. The standard InChI is InChI=1S/C18H27F3N2.ClH/c1-11-12(2)14(4)17(15(5)13(11)3)16(10-18(19,20)21)23-8-6-22-7-9-23;/h16,22H,6-10H2,1-5H3;1H/t16-;/m1./s1. The second-order valence-electron chi connectivity index (χ2n) is 6.66. The van der Waals surface area contributed by atoms with E-state index in [1.165, 1.54) is 5.56 Å². The van der Waals surface area contributed by atoms with Crippen LogP contribution >= 0.6 is 12.4 Å². The lowest BCUT2D eigenvalue weighted by molar-refractivity contribution is -0.148. The summed E-state index contributed by atoms with van der Waals surface area (Å²) in [5, 5.41) is 3.22. The average Bonchev–Trinajstić information content (AvgIpc) is 2.50.